The molecule has 0 aromatic heterocycles. The third-order valence-electron chi connectivity index (χ3n) is 4.74. The fraction of sp³-hybridized carbons (Fsp3) is 0.174. The van der Waals surface area contributed by atoms with Crippen molar-refractivity contribution in [3.05, 3.63) is 84.4 Å². The summed E-state index contributed by atoms with van der Waals surface area (Å²) in [5.74, 6) is -0.553. The maximum atomic E-state index is 13.1. The zero-order valence-electron chi connectivity index (χ0n) is 18.3. The Balaban J connectivity index is 1.86. The second-order valence-electron chi connectivity index (χ2n) is 7.30. The normalized spacial score (nSPS) is 12.6. The minimum Gasteiger partial charge on any atom is -0.466 e. The Morgan fingerprint density at radius 3 is 2.18 bits per heavy atom. The van der Waals surface area contributed by atoms with E-state index >= 15 is 0 Å². The summed E-state index contributed by atoms with van der Waals surface area (Å²) >= 11 is 0. The topological polar surface area (TPSA) is 145 Å². The number of sulfonamides is 2. The van der Waals surface area contributed by atoms with E-state index in [4.69, 9.17) is 10.5 Å². The summed E-state index contributed by atoms with van der Waals surface area (Å²) in [6, 6.07) is 18.8. The van der Waals surface area contributed by atoms with E-state index in [-0.39, 0.29) is 34.2 Å². The SMILES string of the molecule is CCOC(=O)CC(NS(=O)(=O)c1cccc(NS(=O)(=O)c2cccc(N)c2)c1)c1ccccc1. The highest BCUT2D eigenvalue weighted by Gasteiger charge is 2.25. The van der Waals surface area contributed by atoms with E-state index in [0.29, 0.717) is 5.56 Å². The van der Waals surface area contributed by atoms with Gasteiger partial charge in [0.2, 0.25) is 10.0 Å². The zero-order chi connectivity index (χ0) is 24.8. The molecule has 180 valence electrons. The molecular formula is C23H25N3O6S2. The second-order valence-corrected chi connectivity index (χ2v) is 10.7. The third kappa shape index (κ3) is 6.56. The van der Waals surface area contributed by atoms with E-state index in [1.807, 2.05) is 0 Å². The lowest BCUT2D eigenvalue weighted by molar-refractivity contribution is -0.143. The maximum absolute atomic E-state index is 13.1. The van der Waals surface area contributed by atoms with Crippen molar-refractivity contribution < 1.29 is 26.4 Å². The molecular weight excluding hydrogens is 478 g/mol. The van der Waals surface area contributed by atoms with Gasteiger partial charge in [0.25, 0.3) is 10.0 Å². The first-order valence-corrected chi connectivity index (χ1v) is 13.3. The van der Waals surface area contributed by atoms with Crippen LogP contribution in [0.15, 0.2) is 88.7 Å². The van der Waals surface area contributed by atoms with Gasteiger partial charge in [-0.1, -0.05) is 42.5 Å². The van der Waals surface area contributed by atoms with Crippen LogP contribution >= 0.6 is 0 Å². The number of anilines is 2. The summed E-state index contributed by atoms with van der Waals surface area (Å²) in [7, 11) is -8.12. The molecule has 3 aromatic carbocycles. The highest BCUT2D eigenvalue weighted by Crippen LogP contribution is 2.24. The lowest BCUT2D eigenvalue weighted by Crippen LogP contribution is -2.30. The molecule has 0 aliphatic heterocycles. The predicted molar refractivity (Wildman–Crippen MR) is 129 cm³/mol. The van der Waals surface area contributed by atoms with Crippen molar-refractivity contribution in [2.75, 3.05) is 17.1 Å². The van der Waals surface area contributed by atoms with Crippen molar-refractivity contribution in [3.8, 4) is 0 Å². The molecule has 0 fully saturated rings. The first-order valence-electron chi connectivity index (χ1n) is 10.3. The lowest BCUT2D eigenvalue weighted by atomic mass is 10.1. The number of benzene rings is 3. The van der Waals surface area contributed by atoms with Crippen LogP contribution in [0, 0.1) is 0 Å². The van der Waals surface area contributed by atoms with Crippen molar-refractivity contribution in [3.63, 3.8) is 0 Å². The molecule has 9 nitrogen and oxygen atoms in total. The zero-order valence-corrected chi connectivity index (χ0v) is 20.0. The number of nitrogens with two attached hydrogens (primary N) is 1. The number of carbonyl (C=O) groups is 1. The average Bonchev–Trinajstić information content (AvgIpc) is 2.79. The fourth-order valence-corrected chi connectivity index (χ4v) is 5.55. The predicted octanol–water partition coefficient (Wildman–Crippen LogP) is 3.04. The Hall–Kier alpha value is -3.41. The molecule has 0 saturated carbocycles. The van der Waals surface area contributed by atoms with E-state index in [1.165, 1.54) is 42.5 Å². The Kier molecular flexibility index (Phi) is 7.92. The Labute approximate surface area is 199 Å². The minimum atomic E-state index is -4.13. The van der Waals surface area contributed by atoms with Gasteiger partial charge in [-0.3, -0.25) is 9.52 Å². The van der Waals surface area contributed by atoms with E-state index in [9.17, 15) is 21.6 Å². The van der Waals surface area contributed by atoms with E-state index < -0.39 is 32.1 Å². The first kappa shape index (κ1) is 25.2. The molecule has 4 N–H and O–H groups in total. The van der Waals surface area contributed by atoms with Gasteiger partial charge in [0.15, 0.2) is 0 Å². The van der Waals surface area contributed by atoms with Gasteiger partial charge in [-0.05, 0) is 48.9 Å². The summed E-state index contributed by atoms with van der Waals surface area (Å²) in [5, 5.41) is 0. The van der Waals surface area contributed by atoms with Gasteiger partial charge in [0, 0.05) is 5.69 Å². The molecule has 0 amide bonds. The molecule has 0 saturated heterocycles. The molecule has 3 aromatic rings. The summed E-state index contributed by atoms with van der Waals surface area (Å²) < 4.78 is 61.5. The Bertz CT molecular complexity index is 1360. The maximum Gasteiger partial charge on any atom is 0.307 e. The van der Waals surface area contributed by atoms with Crippen LogP contribution in [0.3, 0.4) is 0 Å². The molecule has 1 atom stereocenters. The van der Waals surface area contributed by atoms with Gasteiger partial charge in [-0.2, -0.15) is 0 Å². The van der Waals surface area contributed by atoms with Crippen LogP contribution in [0.2, 0.25) is 0 Å². The molecule has 0 bridgehead atoms. The van der Waals surface area contributed by atoms with Crippen LogP contribution in [0.25, 0.3) is 0 Å². The third-order valence-corrected chi connectivity index (χ3v) is 7.59. The highest BCUT2D eigenvalue weighted by molar-refractivity contribution is 7.92. The summed E-state index contributed by atoms with van der Waals surface area (Å²) in [6.45, 7) is 1.83. The van der Waals surface area contributed by atoms with Crippen molar-refractivity contribution in [2.45, 2.75) is 29.2 Å². The lowest BCUT2D eigenvalue weighted by Gasteiger charge is -2.19. The quantitative estimate of drug-likeness (QED) is 0.285. The molecule has 0 aliphatic rings. The van der Waals surface area contributed by atoms with Gasteiger partial charge in [-0.15, -0.1) is 0 Å². The number of hydrogen-bond donors (Lipinski definition) is 3. The summed E-state index contributed by atoms with van der Waals surface area (Å²) in [4.78, 5) is 11.8. The molecule has 3 rings (SSSR count). The summed E-state index contributed by atoms with van der Waals surface area (Å²) in [6.07, 6.45) is -0.209. The van der Waals surface area contributed by atoms with Crippen molar-refractivity contribution in [2.24, 2.45) is 0 Å². The number of rotatable bonds is 10. The van der Waals surface area contributed by atoms with Gasteiger partial charge in [0.1, 0.15) is 0 Å². The standard InChI is InChI=1S/C23H25N3O6S2/c1-2-32-23(27)16-22(17-8-4-3-5-9-17)26-34(30,31)21-13-7-11-19(15-21)25-33(28,29)20-12-6-10-18(24)14-20/h3-15,22,25-26H,2,16,24H2,1H3. The molecule has 34 heavy (non-hydrogen) atoms. The average molecular weight is 504 g/mol. The Morgan fingerprint density at radius 2 is 1.53 bits per heavy atom. The van der Waals surface area contributed by atoms with Crippen LogP contribution in [0.4, 0.5) is 11.4 Å². The van der Waals surface area contributed by atoms with Gasteiger partial charge in [0.05, 0.1) is 34.5 Å². The van der Waals surface area contributed by atoms with Crippen LogP contribution in [-0.2, 0) is 29.6 Å². The second kappa shape index (κ2) is 10.7. The molecule has 0 spiro atoms. The molecule has 0 radical (unpaired) electrons. The Morgan fingerprint density at radius 1 is 0.882 bits per heavy atom. The van der Waals surface area contributed by atoms with Gasteiger partial charge >= 0.3 is 5.97 Å². The molecule has 1 unspecified atom stereocenters. The van der Waals surface area contributed by atoms with Gasteiger partial charge in [-0.25, -0.2) is 21.6 Å². The van der Waals surface area contributed by atoms with Crippen LogP contribution < -0.4 is 15.2 Å². The number of nitrogen functional groups attached to an aromatic ring is 1. The van der Waals surface area contributed by atoms with Crippen LogP contribution in [-0.4, -0.2) is 29.4 Å². The summed E-state index contributed by atoms with van der Waals surface area (Å²) in [5.41, 5.74) is 6.57. The minimum absolute atomic E-state index is 0.0481. The van der Waals surface area contributed by atoms with E-state index in [0.717, 1.165) is 0 Å². The molecule has 11 heteroatoms. The fourth-order valence-electron chi connectivity index (χ4n) is 3.18. The number of carbonyl (C=O) groups excluding carboxylic acids is 1. The van der Waals surface area contributed by atoms with Crippen LogP contribution in [0.1, 0.15) is 24.9 Å². The number of esters is 1. The number of hydrogen-bond acceptors (Lipinski definition) is 7. The van der Waals surface area contributed by atoms with E-state index in [2.05, 4.69) is 9.44 Å². The van der Waals surface area contributed by atoms with Crippen molar-refractivity contribution >= 4 is 37.4 Å². The van der Waals surface area contributed by atoms with Crippen LogP contribution in [0.5, 0.6) is 0 Å². The monoisotopic (exact) mass is 503 g/mol. The van der Waals surface area contributed by atoms with E-state index in [1.54, 1.807) is 43.3 Å². The largest absolute Gasteiger partial charge is 0.466 e. The first-order chi connectivity index (χ1) is 16.1. The number of nitrogens with one attached hydrogen (secondary N) is 2. The van der Waals surface area contributed by atoms with Gasteiger partial charge < -0.3 is 10.5 Å². The van der Waals surface area contributed by atoms with Crippen molar-refractivity contribution in [1.82, 2.24) is 4.72 Å². The molecule has 0 aliphatic carbocycles. The van der Waals surface area contributed by atoms with Crippen molar-refractivity contribution in [1.29, 1.82) is 0 Å². The smallest absolute Gasteiger partial charge is 0.307 e. The molecule has 0 heterocycles. The number of ether oxygens (including phenoxy) is 1. The highest BCUT2D eigenvalue weighted by atomic mass is 32.2.